The molecule has 128 valence electrons. The van der Waals surface area contributed by atoms with E-state index in [0.717, 1.165) is 11.9 Å². The van der Waals surface area contributed by atoms with Crippen LogP contribution in [-0.4, -0.2) is 36.1 Å². The van der Waals surface area contributed by atoms with E-state index in [1.807, 2.05) is 28.6 Å². The predicted octanol–water partition coefficient (Wildman–Crippen LogP) is 2.07. The predicted molar refractivity (Wildman–Crippen MR) is 96.0 cm³/mol. The van der Waals surface area contributed by atoms with Gasteiger partial charge in [0.1, 0.15) is 19.3 Å². The van der Waals surface area contributed by atoms with Crippen LogP contribution < -0.4 is 15.9 Å². The highest BCUT2D eigenvalue weighted by Gasteiger charge is 2.22. The SMILES string of the molecule is Bc1cnc(Cl)nc1N(CCC(C)(C)C)NC(=O)OC(C)(C)C. The minimum absolute atomic E-state index is 0.110. The Hall–Kier alpha value is -1.50. The molecule has 23 heavy (non-hydrogen) atoms. The third kappa shape index (κ3) is 7.55. The van der Waals surface area contributed by atoms with Crippen molar-refractivity contribution in [2.75, 3.05) is 11.6 Å². The lowest BCUT2D eigenvalue weighted by Crippen LogP contribution is -2.48. The number of amides is 1. The first kappa shape index (κ1) is 19.6. The molecule has 1 heterocycles. The van der Waals surface area contributed by atoms with E-state index in [1.165, 1.54) is 0 Å². The van der Waals surface area contributed by atoms with Gasteiger partial charge in [-0.25, -0.2) is 15.2 Å². The summed E-state index contributed by atoms with van der Waals surface area (Å²) in [4.78, 5) is 20.3. The summed E-state index contributed by atoms with van der Waals surface area (Å²) >= 11 is 5.90. The van der Waals surface area contributed by atoms with Crippen molar-refractivity contribution in [2.45, 2.75) is 53.6 Å². The minimum atomic E-state index is -0.571. The molecule has 0 aromatic carbocycles. The van der Waals surface area contributed by atoms with Crippen LogP contribution in [0.2, 0.25) is 5.28 Å². The Labute approximate surface area is 144 Å². The Morgan fingerprint density at radius 1 is 1.35 bits per heavy atom. The number of anilines is 1. The molecule has 1 aromatic heterocycles. The second-order valence-electron chi connectivity index (χ2n) is 7.72. The monoisotopic (exact) mass is 340 g/mol. The van der Waals surface area contributed by atoms with Crippen molar-refractivity contribution in [1.82, 2.24) is 15.4 Å². The first-order valence-electron chi connectivity index (χ1n) is 7.64. The van der Waals surface area contributed by atoms with E-state index >= 15 is 0 Å². The fourth-order valence-electron chi connectivity index (χ4n) is 1.76. The van der Waals surface area contributed by atoms with Gasteiger partial charge >= 0.3 is 6.09 Å². The van der Waals surface area contributed by atoms with Gasteiger partial charge in [0.25, 0.3) is 0 Å². The molecule has 0 aliphatic heterocycles. The molecule has 8 heteroatoms. The molecule has 0 aliphatic carbocycles. The number of nitrogens with zero attached hydrogens (tertiary/aromatic N) is 3. The van der Waals surface area contributed by atoms with Gasteiger partial charge in [0, 0.05) is 12.7 Å². The van der Waals surface area contributed by atoms with Crippen molar-refractivity contribution in [3.8, 4) is 0 Å². The van der Waals surface area contributed by atoms with E-state index in [-0.39, 0.29) is 10.7 Å². The van der Waals surface area contributed by atoms with E-state index < -0.39 is 11.7 Å². The Morgan fingerprint density at radius 3 is 2.48 bits per heavy atom. The van der Waals surface area contributed by atoms with Gasteiger partial charge in [-0.15, -0.1) is 0 Å². The number of rotatable bonds is 4. The second-order valence-corrected chi connectivity index (χ2v) is 8.06. The largest absolute Gasteiger partial charge is 0.443 e. The molecule has 0 unspecified atom stereocenters. The molecule has 0 spiro atoms. The number of carbonyl (C=O) groups is 1. The number of hydrazine groups is 1. The number of halogens is 1. The van der Waals surface area contributed by atoms with E-state index in [2.05, 4.69) is 36.2 Å². The van der Waals surface area contributed by atoms with Crippen molar-refractivity contribution >= 4 is 36.8 Å². The molecule has 1 aromatic rings. The summed E-state index contributed by atoms with van der Waals surface area (Å²) < 4.78 is 5.32. The summed E-state index contributed by atoms with van der Waals surface area (Å²) in [5.74, 6) is 0.570. The molecule has 1 rings (SSSR count). The maximum absolute atomic E-state index is 12.1. The fourth-order valence-corrected chi connectivity index (χ4v) is 1.89. The first-order chi connectivity index (χ1) is 10.4. The summed E-state index contributed by atoms with van der Waals surface area (Å²) in [5.41, 5.74) is 3.11. The molecule has 1 N–H and O–H groups in total. The van der Waals surface area contributed by atoms with Gasteiger partial charge in [0.2, 0.25) is 5.28 Å². The quantitative estimate of drug-likeness (QED) is 0.516. The van der Waals surface area contributed by atoms with Gasteiger partial charge < -0.3 is 4.74 Å². The highest BCUT2D eigenvalue weighted by molar-refractivity contribution is 6.36. The van der Waals surface area contributed by atoms with E-state index in [4.69, 9.17) is 16.3 Å². The van der Waals surface area contributed by atoms with Crippen molar-refractivity contribution in [3.05, 3.63) is 11.5 Å². The topological polar surface area (TPSA) is 67.4 Å². The standard InChI is InChI=1S/C15H26BClN4O2/c1-14(2,3)7-8-21(20-13(22)23-15(4,5)6)11-10(16)9-18-12(17)19-11/h9H,7-8,16H2,1-6H3,(H,20,22). The molecular weight excluding hydrogens is 314 g/mol. The normalized spacial score (nSPS) is 12.0. The van der Waals surface area contributed by atoms with Crippen LogP contribution in [0.15, 0.2) is 6.20 Å². The number of hydrogen-bond donors (Lipinski definition) is 1. The first-order valence-corrected chi connectivity index (χ1v) is 8.01. The summed E-state index contributed by atoms with van der Waals surface area (Å²) in [6.45, 7) is 12.4. The maximum atomic E-state index is 12.1. The number of aromatic nitrogens is 2. The van der Waals surface area contributed by atoms with Gasteiger partial charge in [0.15, 0.2) is 0 Å². The van der Waals surface area contributed by atoms with Gasteiger partial charge in [-0.2, -0.15) is 4.98 Å². The van der Waals surface area contributed by atoms with Crippen LogP contribution in [0, 0.1) is 5.41 Å². The Bertz CT molecular complexity index is 555. The van der Waals surface area contributed by atoms with Crippen molar-refractivity contribution in [1.29, 1.82) is 0 Å². The molecular formula is C15H26BClN4O2. The van der Waals surface area contributed by atoms with E-state index in [0.29, 0.717) is 12.4 Å². The van der Waals surface area contributed by atoms with Crippen molar-refractivity contribution < 1.29 is 9.53 Å². The molecule has 0 atom stereocenters. The molecule has 0 aliphatic rings. The van der Waals surface area contributed by atoms with Crippen LogP contribution in [0.4, 0.5) is 10.6 Å². The highest BCUT2D eigenvalue weighted by atomic mass is 35.5. The lowest BCUT2D eigenvalue weighted by Gasteiger charge is -2.30. The molecule has 6 nitrogen and oxygen atoms in total. The molecule has 1 amide bonds. The highest BCUT2D eigenvalue weighted by Crippen LogP contribution is 2.20. The number of nitrogens with one attached hydrogen (secondary N) is 1. The van der Waals surface area contributed by atoms with Gasteiger partial charge in [-0.05, 0) is 49.7 Å². The lowest BCUT2D eigenvalue weighted by atomic mass is 9.92. The average Bonchev–Trinajstić information content (AvgIpc) is 2.34. The van der Waals surface area contributed by atoms with Gasteiger partial charge in [0.05, 0.1) is 0 Å². The summed E-state index contributed by atoms with van der Waals surface area (Å²) in [6, 6.07) is 0. The fraction of sp³-hybridized carbons (Fsp3) is 0.667. The third-order valence-corrected chi connectivity index (χ3v) is 3.06. The molecule has 0 saturated heterocycles. The molecule has 0 fully saturated rings. The summed E-state index contributed by atoms with van der Waals surface area (Å²) in [5, 5.41) is 1.81. The van der Waals surface area contributed by atoms with Gasteiger partial charge in [-0.1, -0.05) is 20.8 Å². The maximum Gasteiger partial charge on any atom is 0.426 e. The van der Waals surface area contributed by atoms with Gasteiger partial charge in [-0.3, -0.25) is 5.01 Å². The number of carbonyl (C=O) groups excluding carboxylic acids is 1. The van der Waals surface area contributed by atoms with E-state index in [9.17, 15) is 4.79 Å². The smallest absolute Gasteiger partial charge is 0.426 e. The van der Waals surface area contributed by atoms with Crippen LogP contribution in [-0.2, 0) is 4.74 Å². The van der Waals surface area contributed by atoms with Crippen molar-refractivity contribution in [3.63, 3.8) is 0 Å². The summed E-state index contributed by atoms with van der Waals surface area (Å²) in [7, 11) is 1.87. The number of hydrogen-bond acceptors (Lipinski definition) is 5. The molecule has 0 radical (unpaired) electrons. The zero-order chi connectivity index (χ0) is 17.8. The third-order valence-electron chi connectivity index (χ3n) is 2.88. The summed E-state index contributed by atoms with van der Waals surface area (Å²) in [6.07, 6.45) is 1.95. The minimum Gasteiger partial charge on any atom is -0.443 e. The van der Waals surface area contributed by atoms with Crippen LogP contribution >= 0.6 is 11.6 Å². The Kier molecular flexibility index (Phi) is 6.28. The zero-order valence-electron chi connectivity index (χ0n) is 15.0. The molecule has 0 saturated carbocycles. The van der Waals surface area contributed by atoms with Crippen LogP contribution in [0.5, 0.6) is 0 Å². The molecule has 0 bridgehead atoms. The van der Waals surface area contributed by atoms with Crippen molar-refractivity contribution in [2.24, 2.45) is 5.41 Å². The van der Waals surface area contributed by atoms with E-state index in [1.54, 1.807) is 11.2 Å². The van der Waals surface area contributed by atoms with Crippen LogP contribution in [0.3, 0.4) is 0 Å². The average molecular weight is 341 g/mol. The Balaban J connectivity index is 2.97. The number of ether oxygens (including phenoxy) is 1. The van der Waals surface area contributed by atoms with Crippen LogP contribution in [0.25, 0.3) is 0 Å². The van der Waals surface area contributed by atoms with Crippen LogP contribution in [0.1, 0.15) is 48.0 Å². The lowest BCUT2D eigenvalue weighted by molar-refractivity contribution is 0.0519. The zero-order valence-corrected chi connectivity index (χ0v) is 15.8. The Morgan fingerprint density at radius 2 is 1.96 bits per heavy atom. The second kappa shape index (κ2) is 7.38.